The first-order valence-corrected chi connectivity index (χ1v) is 8.15. The van der Waals surface area contributed by atoms with Gasteiger partial charge in [-0.3, -0.25) is 4.21 Å². The van der Waals surface area contributed by atoms with Gasteiger partial charge in [-0.25, -0.2) is 0 Å². The molecule has 1 aliphatic rings. The van der Waals surface area contributed by atoms with Crippen molar-refractivity contribution in [3.63, 3.8) is 0 Å². The number of hydrogen-bond acceptors (Lipinski definition) is 4. The molecule has 1 aliphatic heterocycles. The van der Waals surface area contributed by atoms with E-state index >= 15 is 0 Å². The third-order valence-corrected chi connectivity index (χ3v) is 4.47. The number of ether oxygens (including phenoxy) is 2. The van der Waals surface area contributed by atoms with Crippen LogP contribution in [0.1, 0.15) is 25.3 Å². The van der Waals surface area contributed by atoms with Crippen molar-refractivity contribution in [3.8, 4) is 5.75 Å². The Hall–Kier alpha value is -1.07. The van der Waals surface area contributed by atoms with E-state index in [0.29, 0.717) is 23.8 Å². The van der Waals surface area contributed by atoms with E-state index in [9.17, 15) is 4.21 Å². The Kier molecular flexibility index (Phi) is 5.22. The van der Waals surface area contributed by atoms with E-state index in [4.69, 9.17) is 15.2 Å². The summed E-state index contributed by atoms with van der Waals surface area (Å²) in [5, 5.41) is 0. The smallest absolute Gasteiger partial charge is 0.123 e. The molecule has 0 aromatic heterocycles. The summed E-state index contributed by atoms with van der Waals surface area (Å²) >= 11 is 0. The normalized spacial score (nSPS) is 20.4. The summed E-state index contributed by atoms with van der Waals surface area (Å²) in [5.41, 5.74) is 7.37. The Morgan fingerprint density at radius 2 is 2.37 bits per heavy atom. The van der Waals surface area contributed by atoms with Crippen molar-refractivity contribution >= 4 is 16.5 Å². The number of rotatable bonds is 6. The molecule has 1 aromatic rings. The SMILES string of the molecule is CCOc1ccc(N)cc1CS(=O)CC1CCCO1. The maximum Gasteiger partial charge on any atom is 0.123 e. The first kappa shape index (κ1) is 14.3. The molecule has 0 amide bonds. The van der Waals surface area contributed by atoms with Crippen LogP contribution in [0.25, 0.3) is 0 Å². The molecule has 106 valence electrons. The highest BCUT2D eigenvalue weighted by atomic mass is 32.2. The molecule has 1 fully saturated rings. The zero-order valence-electron chi connectivity index (χ0n) is 11.3. The van der Waals surface area contributed by atoms with Crippen LogP contribution < -0.4 is 10.5 Å². The Bertz CT molecular complexity index is 444. The molecule has 0 aliphatic carbocycles. The second-order valence-electron chi connectivity index (χ2n) is 4.69. The van der Waals surface area contributed by atoms with Gasteiger partial charge in [0.15, 0.2) is 0 Å². The van der Waals surface area contributed by atoms with Crippen LogP contribution in [-0.4, -0.2) is 29.3 Å². The van der Waals surface area contributed by atoms with Gasteiger partial charge in [-0.05, 0) is 38.0 Å². The topological polar surface area (TPSA) is 61.5 Å². The van der Waals surface area contributed by atoms with E-state index in [2.05, 4.69) is 0 Å². The monoisotopic (exact) mass is 283 g/mol. The third kappa shape index (κ3) is 4.21. The van der Waals surface area contributed by atoms with E-state index < -0.39 is 10.8 Å². The van der Waals surface area contributed by atoms with E-state index in [0.717, 1.165) is 30.8 Å². The fourth-order valence-electron chi connectivity index (χ4n) is 2.22. The summed E-state index contributed by atoms with van der Waals surface area (Å²) in [6, 6.07) is 5.49. The third-order valence-electron chi connectivity index (χ3n) is 3.10. The quantitative estimate of drug-likeness (QED) is 0.812. The van der Waals surface area contributed by atoms with Crippen molar-refractivity contribution in [2.45, 2.75) is 31.6 Å². The number of benzene rings is 1. The average Bonchev–Trinajstić information content (AvgIpc) is 2.85. The lowest BCUT2D eigenvalue weighted by Gasteiger charge is -2.12. The zero-order valence-corrected chi connectivity index (χ0v) is 12.1. The molecule has 0 saturated carbocycles. The molecule has 2 N–H and O–H groups in total. The van der Waals surface area contributed by atoms with Crippen LogP contribution in [0.3, 0.4) is 0 Å². The summed E-state index contributed by atoms with van der Waals surface area (Å²) in [5.74, 6) is 1.85. The van der Waals surface area contributed by atoms with Crippen LogP contribution in [0.15, 0.2) is 18.2 Å². The van der Waals surface area contributed by atoms with Gasteiger partial charge >= 0.3 is 0 Å². The highest BCUT2D eigenvalue weighted by Crippen LogP contribution is 2.24. The van der Waals surface area contributed by atoms with Crippen molar-refractivity contribution in [1.82, 2.24) is 0 Å². The lowest BCUT2D eigenvalue weighted by molar-refractivity contribution is 0.128. The molecule has 1 aromatic carbocycles. The van der Waals surface area contributed by atoms with Crippen molar-refractivity contribution in [3.05, 3.63) is 23.8 Å². The highest BCUT2D eigenvalue weighted by molar-refractivity contribution is 7.84. The summed E-state index contributed by atoms with van der Waals surface area (Å²) in [6.45, 7) is 3.32. The minimum Gasteiger partial charge on any atom is -0.494 e. The van der Waals surface area contributed by atoms with E-state index in [1.165, 1.54) is 0 Å². The fraction of sp³-hybridized carbons (Fsp3) is 0.571. The lowest BCUT2D eigenvalue weighted by Crippen LogP contribution is -2.17. The predicted molar refractivity (Wildman–Crippen MR) is 77.7 cm³/mol. The highest BCUT2D eigenvalue weighted by Gasteiger charge is 2.19. The zero-order chi connectivity index (χ0) is 13.7. The molecule has 0 radical (unpaired) electrons. The maximum absolute atomic E-state index is 12.2. The summed E-state index contributed by atoms with van der Waals surface area (Å²) in [6.07, 6.45) is 2.24. The minimum atomic E-state index is -0.944. The molecular formula is C14H21NO3S. The lowest BCUT2D eigenvalue weighted by atomic mass is 10.2. The number of nitrogen functional groups attached to an aromatic ring is 1. The maximum atomic E-state index is 12.2. The van der Waals surface area contributed by atoms with Crippen molar-refractivity contribution in [1.29, 1.82) is 0 Å². The number of hydrogen-bond donors (Lipinski definition) is 1. The predicted octanol–water partition coefficient (Wildman–Crippen LogP) is 2.10. The van der Waals surface area contributed by atoms with Gasteiger partial charge in [0, 0.05) is 28.7 Å². The van der Waals surface area contributed by atoms with Gasteiger partial charge < -0.3 is 15.2 Å². The van der Waals surface area contributed by atoms with Crippen LogP contribution in [0, 0.1) is 0 Å². The van der Waals surface area contributed by atoms with Crippen LogP contribution in [-0.2, 0) is 21.3 Å². The molecule has 2 atom stereocenters. The molecule has 19 heavy (non-hydrogen) atoms. The van der Waals surface area contributed by atoms with Crippen LogP contribution >= 0.6 is 0 Å². The van der Waals surface area contributed by atoms with Gasteiger partial charge in [0.25, 0.3) is 0 Å². The molecule has 0 bridgehead atoms. The summed E-state index contributed by atoms with van der Waals surface area (Å²) in [7, 11) is -0.944. The van der Waals surface area contributed by atoms with Crippen LogP contribution in [0.5, 0.6) is 5.75 Å². The largest absolute Gasteiger partial charge is 0.494 e. The molecule has 1 saturated heterocycles. The summed E-state index contributed by atoms with van der Waals surface area (Å²) < 4.78 is 23.2. The molecule has 4 nitrogen and oxygen atoms in total. The van der Waals surface area contributed by atoms with E-state index in [1.807, 2.05) is 19.1 Å². The van der Waals surface area contributed by atoms with E-state index in [1.54, 1.807) is 6.07 Å². The first-order valence-electron chi connectivity index (χ1n) is 6.67. The second kappa shape index (κ2) is 6.91. The Balaban J connectivity index is 2.00. The molecule has 2 unspecified atom stereocenters. The second-order valence-corrected chi connectivity index (χ2v) is 6.19. The van der Waals surface area contributed by atoms with E-state index in [-0.39, 0.29) is 6.10 Å². The number of anilines is 1. The van der Waals surface area contributed by atoms with Gasteiger partial charge in [-0.2, -0.15) is 0 Å². The molecule has 1 heterocycles. The first-order chi connectivity index (χ1) is 9.19. The number of nitrogens with two attached hydrogens (primary N) is 1. The Morgan fingerprint density at radius 1 is 1.53 bits per heavy atom. The van der Waals surface area contributed by atoms with Gasteiger partial charge in [0.1, 0.15) is 5.75 Å². The van der Waals surface area contributed by atoms with Crippen molar-refractivity contribution < 1.29 is 13.7 Å². The van der Waals surface area contributed by atoms with Crippen LogP contribution in [0.4, 0.5) is 5.69 Å². The molecular weight excluding hydrogens is 262 g/mol. The fourth-order valence-corrected chi connectivity index (χ4v) is 3.59. The van der Waals surface area contributed by atoms with Gasteiger partial charge in [0.2, 0.25) is 0 Å². The standard InChI is InChI=1S/C14H21NO3S/c1-2-17-14-6-5-12(15)8-11(14)9-19(16)10-13-4-3-7-18-13/h5-6,8,13H,2-4,7,9-10,15H2,1H3. The molecule has 5 heteroatoms. The molecule has 0 spiro atoms. The van der Waals surface area contributed by atoms with Gasteiger partial charge in [-0.15, -0.1) is 0 Å². The van der Waals surface area contributed by atoms with Crippen molar-refractivity contribution in [2.75, 3.05) is 24.7 Å². The molecule has 2 rings (SSSR count). The van der Waals surface area contributed by atoms with Gasteiger partial charge in [-0.1, -0.05) is 0 Å². The van der Waals surface area contributed by atoms with Gasteiger partial charge in [0.05, 0.1) is 24.2 Å². The summed E-state index contributed by atoms with van der Waals surface area (Å²) in [4.78, 5) is 0. The minimum absolute atomic E-state index is 0.150. The Morgan fingerprint density at radius 3 is 3.05 bits per heavy atom. The van der Waals surface area contributed by atoms with Crippen molar-refractivity contribution in [2.24, 2.45) is 0 Å². The Labute approximate surface area is 116 Å². The van der Waals surface area contributed by atoms with Crippen LogP contribution in [0.2, 0.25) is 0 Å². The average molecular weight is 283 g/mol.